The summed E-state index contributed by atoms with van der Waals surface area (Å²) in [5, 5.41) is 0.344. The molecule has 0 fully saturated rings. The zero-order valence-corrected chi connectivity index (χ0v) is 17.9. The predicted octanol–water partition coefficient (Wildman–Crippen LogP) is 2.98. The Bertz CT molecular complexity index is 1360. The number of methoxy groups -OCH3 is 1. The first-order valence-corrected chi connectivity index (χ1v) is 10.4. The Kier molecular flexibility index (Phi) is 4.53. The number of aryl methyl sites for hydroxylation is 1. The number of hydrogen-bond acceptors (Lipinski definition) is 5. The number of benzene rings is 2. The lowest BCUT2D eigenvalue weighted by Crippen LogP contribution is -2.54. The van der Waals surface area contributed by atoms with Crippen molar-refractivity contribution in [3.8, 4) is 0 Å². The number of fused-ring (bicyclic) bond motifs is 5. The Labute approximate surface area is 184 Å². The van der Waals surface area contributed by atoms with Crippen LogP contribution in [0.3, 0.4) is 0 Å². The number of hydrogen-bond donors (Lipinski definition) is 0. The molecular weight excluding hydrogens is 408 g/mol. The van der Waals surface area contributed by atoms with Crippen LogP contribution in [0.1, 0.15) is 27.2 Å². The van der Waals surface area contributed by atoms with Crippen molar-refractivity contribution in [2.24, 2.45) is 0 Å². The van der Waals surface area contributed by atoms with E-state index in [1.54, 1.807) is 35.2 Å². The van der Waals surface area contributed by atoms with Gasteiger partial charge < -0.3 is 19.0 Å². The molecule has 32 heavy (non-hydrogen) atoms. The van der Waals surface area contributed by atoms with Gasteiger partial charge in [0.05, 0.1) is 23.2 Å². The van der Waals surface area contributed by atoms with Gasteiger partial charge in [-0.2, -0.15) is 0 Å². The summed E-state index contributed by atoms with van der Waals surface area (Å²) in [5.74, 6) is -0.965. The number of rotatable bonds is 5. The summed E-state index contributed by atoms with van der Waals surface area (Å²) < 4.78 is 11.2. The second-order valence-corrected chi connectivity index (χ2v) is 8.02. The number of amides is 2. The van der Waals surface area contributed by atoms with Crippen LogP contribution in [0.2, 0.25) is 0 Å². The van der Waals surface area contributed by atoms with Crippen LogP contribution in [0, 0.1) is 6.92 Å². The van der Waals surface area contributed by atoms with Crippen LogP contribution in [-0.4, -0.2) is 43.5 Å². The maximum Gasteiger partial charge on any atom is 0.291 e. The van der Waals surface area contributed by atoms with Crippen LogP contribution < -0.4 is 10.3 Å². The second kappa shape index (κ2) is 7.17. The molecule has 2 aromatic carbocycles. The molecule has 1 atom stereocenters. The number of para-hydroxylation sites is 1. The quantitative estimate of drug-likeness (QED) is 0.582. The summed E-state index contributed by atoms with van der Waals surface area (Å²) in [7, 11) is 1.52. The zero-order valence-electron chi connectivity index (χ0n) is 17.9. The Hall–Kier alpha value is -3.71. The Morgan fingerprint density at radius 2 is 1.94 bits per heavy atom. The van der Waals surface area contributed by atoms with Crippen LogP contribution in [0.4, 0.5) is 5.69 Å². The van der Waals surface area contributed by atoms with Gasteiger partial charge in [-0.3, -0.25) is 14.4 Å². The lowest BCUT2D eigenvalue weighted by Gasteiger charge is -2.34. The molecule has 3 aromatic rings. The first-order valence-electron chi connectivity index (χ1n) is 10.4. The van der Waals surface area contributed by atoms with Crippen LogP contribution >= 0.6 is 0 Å². The van der Waals surface area contributed by atoms with Crippen molar-refractivity contribution >= 4 is 28.5 Å². The molecule has 7 heteroatoms. The van der Waals surface area contributed by atoms with Gasteiger partial charge in [0, 0.05) is 25.8 Å². The van der Waals surface area contributed by atoms with Crippen molar-refractivity contribution in [1.29, 1.82) is 0 Å². The number of carbonyl (C=O) groups excluding carboxylic acids is 2. The molecular formula is C25H22N2O5. The molecule has 2 aliphatic heterocycles. The van der Waals surface area contributed by atoms with Crippen molar-refractivity contribution < 1.29 is 18.7 Å². The minimum Gasteiger partial charge on any atom is -0.450 e. The minimum atomic E-state index is -1.61. The normalized spacial score (nSPS) is 19.2. The van der Waals surface area contributed by atoms with Crippen LogP contribution in [-0.2, 0) is 15.1 Å². The highest BCUT2D eigenvalue weighted by atomic mass is 16.5. The third kappa shape index (κ3) is 2.42. The Morgan fingerprint density at radius 1 is 1.16 bits per heavy atom. The minimum absolute atomic E-state index is 0.0701. The highest BCUT2D eigenvalue weighted by molar-refractivity contribution is 6.17. The highest BCUT2D eigenvalue weighted by Gasteiger charge is 2.64. The van der Waals surface area contributed by atoms with Gasteiger partial charge in [-0.1, -0.05) is 35.9 Å². The molecule has 0 saturated heterocycles. The SMILES string of the molecule is C=CCN1C(=O)C2(c3ccccc31)c1c(oc3ccc(C)cc3c1=O)C(=O)N2CCOC. The van der Waals surface area contributed by atoms with E-state index in [-0.39, 0.29) is 42.4 Å². The van der Waals surface area contributed by atoms with E-state index in [1.807, 2.05) is 25.1 Å². The van der Waals surface area contributed by atoms with Gasteiger partial charge in [-0.05, 0) is 25.1 Å². The van der Waals surface area contributed by atoms with E-state index in [1.165, 1.54) is 12.0 Å². The fourth-order valence-electron chi connectivity index (χ4n) is 4.90. The molecule has 162 valence electrons. The third-order valence-corrected chi connectivity index (χ3v) is 6.22. The summed E-state index contributed by atoms with van der Waals surface area (Å²) in [6.45, 7) is 6.21. The third-order valence-electron chi connectivity index (χ3n) is 6.22. The second-order valence-electron chi connectivity index (χ2n) is 8.02. The average Bonchev–Trinajstić information content (AvgIpc) is 3.18. The Balaban J connectivity index is 1.91. The summed E-state index contributed by atoms with van der Waals surface area (Å²) in [6, 6.07) is 12.5. The van der Waals surface area contributed by atoms with Crippen molar-refractivity contribution in [3.63, 3.8) is 0 Å². The molecule has 7 nitrogen and oxygen atoms in total. The number of nitrogens with zero attached hydrogens (tertiary/aromatic N) is 2. The lowest BCUT2D eigenvalue weighted by molar-refractivity contribution is -0.126. The first-order chi connectivity index (χ1) is 15.5. The highest BCUT2D eigenvalue weighted by Crippen LogP contribution is 2.52. The van der Waals surface area contributed by atoms with Gasteiger partial charge in [0.25, 0.3) is 11.8 Å². The Morgan fingerprint density at radius 3 is 2.69 bits per heavy atom. The van der Waals surface area contributed by atoms with Gasteiger partial charge in [0.1, 0.15) is 5.58 Å². The molecule has 0 bridgehead atoms. The van der Waals surface area contributed by atoms with E-state index in [0.29, 0.717) is 22.2 Å². The maximum absolute atomic E-state index is 14.1. The topological polar surface area (TPSA) is 80.1 Å². The first kappa shape index (κ1) is 20.2. The van der Waals surface area contributed by atoms with E-state index in [4.69, 9.17) is 9.15 Å². The van der Waals surface area contributed by atoms with Gasteiger partial charge in [-0.15, -0.1) is 6.58 Å². The van der Waals surface area contributed by atoms with Crippen molar-refractivity contribution in [1.82, 2.24) is 4.90 Å². The molecule has 2 aliphatic rings. The van der Waals surface area contributed by atoms with Crippen LogP contribution in [0.15, 0.2) is 64.3 Å². The summed E-state index contributed by atoms with van der Waals surface area (Å²) in [6.07, 6.45) is 1.62. The fraction of sp³-hybridized carbons (Fsp3) is 0.240. The average molecular weight is 430 g/mol. The monoisotopic (exact) mass is 430 g/mol. The molecule has 2 amide bonds. The number of anilines is 1. The van der Waals surface area contributed by atoms with Crippen LogP contribution in [0.5, 0.6) is 0 Å². The maximum atomic E-state index is 14.1. The van der Waals surface area contributed by atoms with E-state index in [0.717, 1.165) is 5.56 Å². The molecule has 0 aliphatic carbocycles. The smallest absolute Gasteiger partial charge is 0.291 e. The summed E-state index contributed by atoms with van der Waals surface area (Å²) in [4.78, 5) is 44.5. The summed E-state index contributed by atoms with van der Waals surface area (Å²) >= 11 is 0. The fourth-order valence-corrected chi connectivity index (χ4v) is 4.90. The van der Waals surface area contributed by atoms with Crippen molar-refractivity contribution in [3.05, 3.63) is 87.8 Å². The number of carbonyl (C=O) groups is 2. The van der Waals surface area contributed by atoms with Gasteiger partial charge in [0.2, 0.25) is 5.76 Å². The predicted molar refractivity (Wildman–Crippen MR) is 120 cm³/mol. The van der Waals surface area contributed by atoms with E-state index in [9.17, 15) is 14.4 Å². The molecule has 5 rings (SSSR count). The molecule has 1 aromatic heterocycles. The van der Waals surface area contributed by atoms with Gasteiger partial charge in [0.15, 0.2) is 11.0 Å². The molecule has 3 heterocycles. The molecule has 0 saturated carbocycles. The van der Waals surface area contributed by atoms with Gasteiger partial charge >= 0.3 is 0 Å². The zero-order chi connectivity index (χ0) is 22.6. The largest absolute Gasteiger partial charge is 0.450 e. The molecule has 1 spiro atoms. The lowest BCUT2D eigenvalue weighted by atomic mass is 9.84. The van der Waals surface area contributed by atoms with E-state index >= 15 is 0 Å². The molecule has 0 N–H and O–H groups in total. The van der Waals surface area contributed by atoms with E-state index < -0.39 is 11.4 Å². The van der Waals surface area contributed by atoms with Crippen LogP contribution in [0.25, 0.3) is 11.0 Å². The van der Waals surface area contributed by atoms with Crippen molar-refractivity contribution in [2.75, 3.05) is 31.7 Å². The summed E-state index contributed by atoms with van der Waals surface area (Å²) in [5.41, 5.74) is 0.508. The molecule has 1 unspecified atom stereocenters. The van der Waals surface area contributed by atoms with Crippen molar-refractivity contribution in [2.45, 2.75) is 12.5 Å². The molecule has 0 radical (unpaired) electrons. The van der Waals surface area contributed by atoms with Gasteiger partial charge in [-0.25, -0.2) is 0 Å². The van der Waals surface area contributed by atoms with E-state index in [2.05, 4.69) is 6.58 Å². The standard InChI is InChI=1S/C25H22N2O5/c1-4-11-26-18-8-6-5-7-17(18)25(24(26)30)20-21(28)16-14-15(2)9-10-19(16)32-22(20)23(29)27(25)12-13-31-3/h4-10,14H,1,11-13H2,2-3H3. The number of ether oxygens (including phenoxy) is 1.